The average molecular weight is 1860 g/mol. The lowest BCUT2D eigenvalue weighted by atomic mass is 9.87. The van der Waals surface area contributed by atoms with Gasteiger partial charge in [0.15, 0.2) is 0 Å². The van der Waals surface area contributed by atoms with Crippen LogP contribution in [0, 0.1) is 23.3 Å². The van der Waals surface area contributed by atoms with Crippen LogP contribution >= 0.6 is 0 Å². The van der Waals surface area contributed by atoms with Gasteiger partial charge in [-0.15, -0.1) is 0 Å². The van der Waals surface area contributed by atoms with E-state index in [9.17, 15) is 36.7 Å². The highest BCUT2D eigenvalue weighted by Gasteiger charge is 2.34. The Morgan fingerprint density at radius 1 is 0.375 bits per heavy atom. The van der Waals surface area contributed by atoms with E-state index in [4.69, 9.17) is 41.0 Å². The number of rotatable bonds is 24. The Morgan fingerprint density at radius 3 is 0.912 bits per heavy atom. The molecule has 20 rings (SSSR count). The van der Waals surface area contributed by atoms with E-state index >= 15 is 0 Å². The summed E-state index contributed by atoms with van der Waals surface area (Å²) in [4.78, 5) is 83.4. The van der Waals surface area contributed by atoms with Crippen LogP contribution in [0.15, 0.2) is 165 Å². The number of hydrogen-bond donors (Lipinski definition) is 12. The van der Waals surface area contributed by atoms with Crippen LogP contribution in [0.25, 0.3) is 88.6 Å². The van der Waals surface area contributed by atoms with Gasteiger partial charge >= 0.3 is 24.1 Å². The maximum atomic E-state index is 15.0. The fourth-order valence-electron chi connectivity index (χ4n) is 15.5. The summed E-state index contributed by atoms with van der Waals surface area (Å²) in [6.07, 6.45) is 25.7. The van der Waals surface area contributed by atoms with Crippen LogP contribution in [0.5, 0.6) is 0 Å². The molecule has 4 aliphatic rings. The average Bonchev–Trinajstić information content (AvgIpc) is 1.61. The summed E-state index contributed by atoms with van der Waals surface area (Å²) in [7, 11) is 0. The number of anilines is 12. The van der Waals surface area contributed by atoms with Crippen LogP contribution in [-0.4, -0.2) is 103 Å². The maximum Gasteiger partial charge on any atom is 0.326 e. The number of carbonyl (C=O) groups excluding carboxylic acids is 4. The van der Waals surface area contributed by atoms with Gasteiger partial charge < -0.3 is 80.6 Å². The molecule has 1 atom stereocenters. The van der Waals surface area contributed by atoms with Gasteiger partial charge in [-0.3, -0.25) is 21.3 Å². The Kier molecular flexibility index (Phi) is 28.5. The summed E-state index contributed by atoms with van der Waals surface area (Å²) >= 11 is 0. The van der Waals surface area contributed by atoms with E-state index in [1.54, 1.807) is 48.5 Å². The van der Waals surface area contributed by atoms with Gasteiger partial charge in [-0.2, -0.15) is 0 Å². The molecule has 136 heavy (non-hydrogen) atoms. The number of nitrogens with zero attached hydrogens (tertiary/aromatic N) is 16. The number of nitrogens with two attached hydrogens (primary N) is 4. The summed E-state index contributed by atoms with van der Waals surface area (Å²) in [5, 5.41) is 38.8. The molecule has 4 fully saturated rings. The summed E-state index contributed by atoms with van der Waals surface area (Å²) in [6, 6.07) is 24.1. The van der Waals surface area contributed by atoms with Gasteiger partial charge in [0.2, 0.25) is 23.5 Å². The van der Waals surface area contributed by atoms with Crippen molar-refractivity contribution in [3.63, 3.8) is 0 Å². The lowest BCUT2D eigenvalue weighted by Gasteiger charge is -2.18. The van der Waals surface area contributed by atoms with E-state index in [0.29, 0.717) is 96.9 Å². The second-order valence-electron chi connectivity index (χ2n) is 34.3. The first-order valence-corrected chi connectivity index (χ1v) is 43.9. The third-order valence-corrected chi connectivity index (χ3v) is 24.2. The number of aromatic nitrogens is 16. The Bertz CT molecular complexity index is 7070. The molecule has 1 unspecified atom stereocenters. The lowest BCUT2D eigenvalue weighted by molar-refractivity contribution is 0.260. The molecule has 4 aromatic carbocycles. The minimum absolute atomic E-state index is 0. The lowest BCUT2D eigenvalue weighted by Crippen LogP contribution is -2.20. The summed E-state index contributed by atoms with van der Waals surface area (Å²) in [5.74, 6) is 0.479. The van der Waals surface area contributed by atoms with Crippen molar-refractivity contribution in [2.75, 3.05) is 65.5 Å². The van der Waals surface area contributed by atoms with Gasteiger partial charge in [0.05, 0.1) is 67.1 Å². The van der Waals surface area contributed by atoms with Gasteiger partial charge in [0.25, 0.3) is 0 Å². The van der Waals surface area contributed by atoms with Crippen molar-refractivity contribution in [2.24, 2.45) is 0 Å². The first kappa shape index (κ1) is 96.3. The van der Waals surface area contributed by atoms with E-state index in [0.717, 1.165) is 139 Å². The first-order chi connectivity index (χ1) is 64.1. The van der Waals surface area contributed by atoms with Crippen molar-refractivity contribution in [1.29, 1.82) is 0 Å². The SMILES string of the molecule is C.C.C.CC(C)c1cc(NC(=O)Nc2ccc(-c3cn(C4CC4)c4ncnc(N)c34)cc2F)on1.CCC(C)(C)c1cc(NC(=O)Nc2ccc(-c3cn(C4CC4)c4ncnc(N)c34)cc2F)on1.CCC(C)c1cc(NC(=O)Nc2ccc(-c3cn(C4CC4)c4ncnc(N)c34)cc2F)on1.CCC(CC)c1cc(NC(=O)Nc2ccc(-c3cn(C4CC4)c4ncnc(N)c34)cc2F)on1. The molecule has 4 aliphatic carbocycles. The number of benzene rings is 4. The van der Waals surface area contributed by atoms with Crippen molar-refractivity contribution in [1.82, 2.24) is 78.8 Å². The molecule has 12 heterocycles. The molecular formula is C96H110F4N28O8. The number of amides is 8. The number of halogens is 4. The number of urea groups is 4. The molecule has 12 aromatic heterocycles. The molecule has 0 saturated heterocycles. The van der Waals surface area contributed by atoms with Crippen molar-refractivity contribution in [3.05, 3.63) is 193 Å². The third kappa shape index (κ3) is 20.8. The summed E-state index contributed by atoms with van der Waals surface area (Å²) in [6.45, 7) is 18.2. The molecule has 0 spiro atoms. The number of nitrogen functional groups attached to an aromatic ring is 4. The minimum atomic E-state index is -0.633. The van der Waals surface area contributed by atoms with E-state index < -0.39 is 47.4 Å². The second-order valence-corrected chi connectivity index (χ2v) is 34.3. The highest BCUT2D eigenvalue weighted by Crippen LogP contribution is 2.48. The molecule has 4 saturated carbocycles. The van der Waals surface area contributed by atoms with E-state index in [2.05, 4.69) is 135 Å². The minimum Gasteiger partial charge on any atom is -0.383 e. The van der Waals surface area contributed by atoms with Crippen LogP contribution < -0.4 is 65.5 Å². The maximum absolute atomic E-state index is 15.0. The predicted molar refractivity (Wildman–Crippen MR) is 519 cm³/mol. The van der Waals surface area contributed by atoms with Crippen LogP contribution in [0.4, 0.5) is 106 Å². The van der Waals surface area contributed by atoms with E-state index in [1.807, 2.05) is 73.3 Å². The highest BCUT2D eigenvalue weighted by atomic mass is 19.1. The molecule has 710 valence electrons. The zero-order valence-corrected chi connectivity index (χ0v) is 74.1. The molecule has 8 amide bonds. The molecule has 0 bridgehead atoms. The quantitative estimate of drug-likeness (QED) is 0.0250. The van der Waals surface area contributed by atoms with Crippen molar-refractivity contribution >= 4 is 138 Å². The van der Waals surface area contributed by atoms with Gasteiger partial charge in [0.1, 0.15) is 94.4 Å². The third-order valence-electron chi connectivity index (χ3n) is 24.2. The van der Waals surface area contributed by atoms with Crippen LogP contribution in [0.1, 0.15) is 226 Å². The highest BCUT2D eigenvalue weighted by molar-refractivity contribution is 6.07. The molecule has 40 heteroatoms. The predicted octanol–water partition coefficient (Wildman–Crippen LogP) is 23.3. The number of fused-ring (bicyclic) bond motifs is 4. The van der Waals surface area contributed by atoms with Gasteiger partial charge in [-0.25, -0.2) is 76.6 Å². The zero-order valence-electron chi connectivity index (χ0n) is 74.1. The monoisotopic (exact) mass is 1860 g/mol. The normalized spacial score (nSPS) is 13.6. The summed E-state index contributed by atoms with van der Waals surface area (Å²) < 4.78 is 88.7. The molecule has 16 N–H and O–H groups in total. The van der Waals surface area contributed by atoms with Crippen molar-refractivity contribution in [3.8, 4) is 44.5 Å². The fourth-order valence-corrected chi connectivity index (χ4v) is 15.5. The standard InChI is InChI=1S/2C24H26FN7O2.C23H24FN7O2.C22H22FN7O2.3CH4/c1-4-24(2,3)18-10-19(34-31-18)30-23(33)29-17-8-5-13(9-16(17)25)15-11-32(14-6-7-14)22-20(15)21(26)27-12-28-22;1-3-13(4-2)19-10-20(34-31-19)30-24(33)29-18-8-5-14(9-17(18)25)16-11-32(15-6-7-15)23-21(16)22(26)27-12-28-23;1-3-12(2)18-9-19(33-30-18)29-23(32)28-17-7-4-13(8-16(17)24)15-10-31(14-5-6-14)22-20(15)21(25)26-11-27-22;1-11(2)17-8-18(32-29-17)28-22(31)27-16-6-3-12(7-15(16)23)14-9-30(13-4-5-13)21-19(14)20(24)25-10-26-21;;;/h5,8-12,14H,4,6-7H2,1-3H3,(H2,26,27,28)(H2,29,30,33);5,8-13,15H,3-4,6-7H2,1-2H3,(H2,26,27,28)(H2,29,30,33);4,7-12,14H,3,5-6H2,1-2H3,(H2,25,26,27)(H2,28,29,32);3,6-11,13H,4-5H2,1-2H3,(H2,24,25,26)(H2,27,28,31);3*1H4. The Balaban J connectivity index is 0.000000144. The zero-order chi connectivity index (χ0) is 93.4. The van der Waals surface area contributed by atoms with Crippen molar-refractivity contribution < 1.29 is 54.8 Å². The van der Waals surface area contributed by atoms with Crippen LogP contribution in [-0.2, 0) is 5.41 Å². The van der Waals surface area contributed by atoms with E-state index in [1.165, 1.54) is 73.8 Å². The molecule has 0 radical (unpaired) electrons. The van der Waals surface area contributed by atoms with E-state index in [-0.39, 0.29) is 91.7 Å². The molecule has 36 nitrogen and oxygen atoms in total. The number of carbonyl (C=O) groups is 4. The van der Waals surface area contributed by atoms with Gasteiger partial charge in [0, 0.05) is 113 Å². The fraction of sp³-hybridized carbons (Fsp3) is 0.333. The smallest absolute Gasteiger partial charge is 0.326 e. The molecular weight excluding hydrogens is 1750 g/mol. The molecule has 0 aliphatic heterocycles. The molecule has 16 aromatic rings. The Morgan fingerprint density at radius 2 is 0.647 bits per heavy atom. The second kappa shape index (κ2) is 40.3. The van der Waals surface area contributed by atoms with Crippen LogP contribution in [0.3, 0.4) is 0 Å². The Hall–Kier alpha value is -15.8. The topological polar surface area (TPSA) is 496 Å². The van der Waals surface area contributed by atoms with Gasteiger partial charge in [-0.1, -0.05) is 129 Å². The van der Waals surface area contributed by atoms with Crippen molar-refractivity contribution in [2.45, 2.75) is 209 Å². The van der Waals surface area contributed by atoms with Gasteiger partial charge in [-0.05, 0) is 154 Å². The number of hydrogen-bond acceptors (Lipinski definition) is 24. The summed E-state index contributed by atoms with van der Waals surface area (Å²) in [5.41, 5.74) is 35.9. The van der Waals surface area contributed by atoms with Crippen LogP contribution in [0.2, 0.25) is 0 Å². The Labute approximate surface area is 779 Å². The first-order valence-electron chi connectivity index (χ1n) is 43.9. The number of nitrogens with one attached hydrogen (secondary N) is 8. The largest absolute Gasteiger partial charge is 0.383 e.